The van der Waals surface area contributed by atoms with Gasteiger partial charge in [0.2, 0.25) is 0 Å². The maximum atomic E-state index is 11.7. The summed E-state index contributed by atoms with van der Waals surface area (Å²) in [4.78, 5) is 15.7. The summed E-state index contributed by atoms with van der Waals surface area (Å²) in [5.41, 5.74) is 0.753. The zero-order chi connectivity index (χ0) is 10.4. The number of aliphatic imine (C=N–C) groups is 1. The lowest BCUT2D eigenvalue weighted by molar-refractivity contribution is 0.100. The maximum absolute atomic E-state index is 11.7. The monoisotopic (exact) mass is 207 g/mol. The van der Waals surface area contributed by atoms with Crippen LogP contribution in [0.1, 0.15) is 16.8 Å². The van der Waals surface area contributed by atoms with Gasteiger partial charge in [-0.05, 0) is 6.26 Å². The smallest absolute Gasteiger partial charge is 0.169 e. The highest BCUT2D eigenvalue weighted by atomic mass is 32.2. The standard InChI is InChI=1S/C11H13NOS/c1-12-11(14-2)8-10(13)9-6-4-3-5-7-9/h3-7H,8H2,1-2H3. The fraction of sp³-hybridized carbons (Fsp3) is 0.273. The minimum Gasteiger partial charge on any atom is -0.294 e. The fourth-order valence-corrected chi connectivity index (χ4v) is 1.56. The summed E-state index contributed by atoms with van der Waals surface area (Å²) in [5, 5.41) is 0.874. The van der Waals surface area contributed by atoms with E-state index in [1.165, 1.54) is 11.8 Å². The molecule has 3 heteroatoms. The zero-order valence-corrected chi connectivity index (χ0v) is 9.17. The molecular weight excluding hydrogens is 194 g/mol. The van der Waals surface area contributed by atoms with Crippen LogP contribution in [0.15, 0.2) is 35.3 Å². The first kappa shape index (κ1) is 11.0. The second kappa shape index (κ2) is 5.60. The average molecular weight is 207 g/mol. The summed E-state index contributed by atoms with van der Waals surface area (Å²) in [6.07, 6.45) is 2.34. The van der Waals surface area contributed by atoms with Crippen molar-refractivity contribution in [1.82, 2.24) is 0 Å². The average Bonchev–Trinajstić information content (AvgIpc) is 2.26. The molecule has 14 heavy (non-hydrogen) atoms. The Morgan fingerprint density at radius 2 is 2.00 bits per heavy atom. The number of rotatable bonds is 3. The van der Waals surface area contributed by atoms with Crippen molar-refractivity contribution in [3.8, 4) is 0 Å². The molecule has 0 aliphatic heterocycles. The van der Waals surface area contributed by atoms with Crippen molar-refractivity contribution >= 4 is 22.6 Å². The molecule has 0 amide bonds. The van der Waals surface area contributed by atoms with Crippen molar-refractivity contribution in [3.63, 3.8) is 0 Å². The molecule has 1 aromatic carbocycles. The van der Waals surface area contributed by atoms with Crippen LogP contribution in [0.2, 0.25) is 0 Å². The SMILES string of the molecule is CN=C(CC(=O)c1ccccc1)SC. The molecule has 0 saturated heterocycles. The van der Waals surface area contributed by atoms with Crippen LogP contribution >= 0.6 is 11.8 Å². The van der Waals surface area contributed by atoms with Crippen molar-refractivity contribution in [2.24, 2.45) is 4.99 Å². The van der Waals surface area contributed by atoms with E-state index in [1.807, 2.05) is 36.6 Å². The summed E-state index contributed by atoms with van der Waals surface area (Å²) < 4.78 is 0. The van der Waals surface area contributed by atoms with E-state index in [2.05, 4.69) is 4.99 Å². The zero-order valence-electron chi connectivity index (χ0n) is 8.36. The van der Waals surface area contributed by atoms with Crippen molar-refractivity contribution in [3.05, 3.63) is 35.9 Å². The van der Waals surface area contributed by atoms with Crippen LogP contribution in [-0.4, -0.2) is 24.1 Å². The van der Waals surface area contributed by atoms with Crippen LogP contribution in [0.5, 0.6) is 0 Å². The number of Topliss-reactive ketones (excluding diaryl/α,β-unsaturated/α-hetero) is 1. The Balaban J connectivity index is 2.68. The second-order valence-electron chi connectivity index (χ2n) is 2.79. The van der Waals surface area contributed by atoms with E-state index in [0.717, 1.165) is 10.6 Å². The number of thioether (sulfide) groups is 1. The molecular formula is C11H13NOS. The normalized spacial score (nSPS) is 11.4. The lowest BCUT2D eigenvalue weighted by Gasteiger charge is -2.01. The topological polar surface area (TPSA) is 29.4 Å². The molecule has 0 fully saturated rings. The number of carbonyl (C=O) groups excluding carboxylic acids is 1. The fourth-order valence-electron chi connectivity index (χ4n) is 1.11. The van der Waals surface area contributed by atoms with Crippen molar-refractivity contribution in [1.29, 1.82) is 0 Å². The minimum atomic E-state index is 0.126. The molecule has 74 valence electrons. The van der Waals surface area contributed by atoms with Crippen molar-refractivity contribution < 1.29 is 4.79 Å². The quantitative estimate of drug-likeness (QED) is 0.433. The van der Waals surface area contributed by atoms with Gasteiger partial charge in [0.15, 0.2) is 5.78 Å². The van der Waals surface area contributed by atoms with Crippen LogP contribution in [0.3, 0.4) is 0 Å². The van der Waals surface area contributed by atoms with Crippen LogP contribution < -0.4 is 0 Å². The predicted octanol–water partition coefficient (Wildman–Crippen LogP) is 2.65. The third-order valence-corrected chi connectivity index (χ3v) is 2.69. The molecule has 0 saturated carbocycles. The summed E-state index contributed by atoms with van der Waals surface area (Å²) in [5.74, 6) is 0.126. The van der Waals surface area contributed by atoms with Gasteiger partial charge in [-0.15, -0.1) is 11.8 Å². The molecule has 1 aromatic rings. The second-order valence-corrected chi connectivity index (χ2v) is 3.67. The molecule has 0 aromatic heterocycles. The molecule has 0 spiro atoms. The van der Waals surface area contributed by atoms with E-state index in [1.54, 1.807) is 7.05 Å². The highest BCUT2D eigenvalue weighted by molar-refractivity contribution is 8.13. The summed E-state index contributed by atoms with van der Waals surface area (Å²) in [6, 6.07) is 9.30. The highest BCUT2D eigenvalue weighted by Crippen LogP contribution is 2.09. The van der Waals surface area contributed by atoms with Crippen molar-refractivity contribution in [2.45, 2.75) is 6.42 Å². The first-order valence-electron chi connectivity index (χ1n) is 4.36. The van der Waals surface area contributed by atoms with Gasteiger partial charge in [-0.25, -0.2) is 0 Å². The Morgan fingerprint density at radius 3 is 2.50 bits per heavy atom. The highest BCUT2D eigenvalue weighted by Gasteiger charge is 2.07. The lowest BCUT2D eigenvalue weighted by Crippen LogP contribution is -2.04. The summed E-state index contributed by atoms with van der Waals surface area (Å²) >= 11 is 1.52. The van der Waals surface area contributed by atoms with Gasteiger partial charge in [-0.2, -0.15) is 0 Å². The Hall–Kier alpha value is -1.09. The molecule has 0 unspecified atom stereocenters. The first-order valence-corrected chi connectivity index (χ1v) is 5.58. The van der Waals surface area contributed by atoms with Gasteiger partial charge < -0.3 is 0 Å². The third kappa shape index (κ3) is 3.00. The molecule has 0 bridgehead atoms. The maximum Gasteiger partial charge on any atom is 0.169 e. The predicted molar refractivity (Wildman–Crippen MR) is 62.3 cm³/mol. The van der Waals surface area contributed by atoms with E-state index < -0.39 is 0 Å². The molecule has 0 atom stereocenters. The molecule has 0 heterocycles. The molecule has 2 nitrogen and oxygen atoms in total. The van der Waals surface area contributed by atoms with E-state index in [4.69, 9.17) is 0 Å². The van der Waals surface area contributed by atoms with E-state index >= 15 is 0 Å². The number of nitrogens with zero attached hydrogens (tertiary/aromatic N) is 1. The number of hydrogen-bond donors (Lipinski definition) is 0. The van der Waals surface area contributed by atoms with Crippen LogP contribution in [0, 0.1) is 0 Å². The Labute approximate surface area is 88.4 Å². The van der Waals surface area contributed by atoms with Crippen LogP contribution in [0.4, 0.5) is 0 Å². The minimum absolute atomic E-state index is 0.126. The number of benzene rings is 1. The van der Waals surface area contributed by atoms with E-state index in [9.17, 15) is 4.79 Å². The van der Waals surface area contributed by atoms with Gasteiger partial charge >= 0.3 is 0 Å². The number of hydrogen-bond acceptors (Lipinski definition) is 3. The van der Waals surface area contributed by atoms with Crippen LogP contribution in [0.25, 0.3) is 0 Å². The third-order valence-electron chi connectivity index (χ3n) is 1.89. The molecule has 0 aliphatic carbocycles. The summed E-state index contributed by atoms with van der Waals surface area (Å²) in [7, 11) is 1.71. The number of carbonyl (C=O) groups is 1. The van der Waals surface area contributed by atoms with Gasteiger partial charge in [0, 0.05) is 12.6 Å². The van der Waals surface area contributed by atoms with E-state index in [-0.39, 0.29) is 5.78 Å². The van der Waals surface area contributed by atoms with Crippen molar-refractivity contribution in [2.75, 3.05) is 13.3 Å². The Morgan fingerprint density at radius 1 is 1.36 bits per heavy atom. The number of ketones is 1. The van der Waals surface area contributed by atoms with Gasteiger partial charge in [0.05, 0.1) is 11.5 Å². The Kier molecular flexibility index (Phi) is 4.40. The first-order chi connectivity index (χ1) is 6.77. The lowest BCUT2D eigenvalue weighted by atomic mass is 10.1. The summed E-state index contributed by atoms with van der Waals surface area (Å²) in [6.45, 7) is 0. The molecule has 0 aliphatic rings. The van der Waals surface area contributed by atoms with Gasteiger partial charge in [0.1, 0.15) is 0 Å². The Bertz CT molecular complexity index is 332. The molecule has 0 N–H and O–H groups in total. The van der Waals surface area contributed by atoms with Gasteiger partial charge in [-0.3, -0.25) is 9.79 Å². The van der Waals surface area contributed by atoms with Crippen LogP contribution in [-0.2, 0) is 0 Å². The van der Waals surface area contributed by atoms with E-state index in [0.29, 0.717) is 6.42 Å². The molecule has 1 rings (SSSR count). The van der Waals surface area contributed by atoms with Gasteiger partial charge in [-0.1, -0.05) is 30.3 Å². The van der Waals surface area contributed by atoms with Gasteiger partial charge in [0.25, 0.3) is 0 Å². The largest absolute Gasteiger partial charge is 0.294 e. The molecule has 0 radical (unpaired) electrons.